The van der Waals surface area contributed by atoms with Crippen LogP contribution >= 0.6 is 0 Å². The highest BCUT2D eigenvalue weighted by Gasteiger charge is 2.23. The standard InChI is InChI=1S/2C9H16/c1-7(2)4-5-9-6-8(9)3;1-3-4-5-6-9-7-8(9)2/h5,7-8H,4,6H2,1-3H3;6,8H,3-5,7H2,1-2H3. The normalized spacial score (nSPS) is 29.4. The highest BCUT2D eigenvalue weighted by atomic mass is 14.3. The van der Waals surface area contributed by atoms with Crippen molar-refractivity contribution in [3.8, 4) is 0 Å². The lowest BCUT2D eigenvalue weighted by Crippen LogP contribution is -1.80. The van der Waals surface area contributed by atoms with Crippen molar-refractivity contribution in [3.05, 3.63) is 23.3 Å². The number of allylic oxidation sites excluding steroid dienone is 4. The van der Waals surface area contributed by atoms with Crippen LogP contribution in [0.2, 0.25) is 0 Å². The van der Waals surface area contributed by atoms with Crippen LogP contribution in [0.25, 0.3) is 0 Å². The molecular weight excluding hydrogens is 216 g/mol. The van der Waals surface area contributed by atoms with Crippen LogP contribution in [0.5, 0.6) is 0 Å². The van der Waals surface area contributed by atoms with Gasteiger partial charge >= 0.3 is 0 Å². The molecule has 18 heavy (non-hydrogen) atoms. The third-order valence-electron chi connectivity index (χ3n) is 3.85. The van der Waals surface area contributed by atoms with Gasteiger partial charge in [-0.05, 0) is 43.4 Å². The SMILES string of the molecule is CC(C)CC=C1CC1C.CCCCC=C1CC1C. The zero-order chi connectivity index (χ0) is 13.5. The van der Waals surface area contributed by atoms with Gasteiger partial charge < -0.3 is 0 Å². The molecule has 0 aromatic heterocycles. The monoisotopic (exact) mass is 248 g/mol. The molecule has 0 aromatic rings. The first-order valence-electron chi connectivity index (χ1n) is 7.92. The molecule has 104 valence electrons. The molecule has 2 rings (SSSR count). The minimum atomic E-state index is 0.838. The summed E-state index contributed by atoms with van der Waals surface area (Å²) in [6.07, 6.45) is 12.9. The first kappa shape index (κ1) is 15.5. The molecule has 0 spiro atoms. The quantitative estimate of drug-likeness (QED) is 0.405. The molecule has 2 unspecified atom stereocenters. The van der Waals surface area contributed by atoms with Gasteiger partial charge in [0.15, 0.2) is 0 Å². The fourth-order valence-electron chi connectivity index (χ4n) is 2.04. The van der Waals surface area contributed by atoms with Crippen molar-refractivity contribution in [2.45, 2.75) is 73.1 Å². The van der Waals surface area contributed by atoms with Gasteiger partial charge in [-0.2, -0.15) is 0 Å². The second-order valence-corrected chi connectivity index (χ2v) is 6.54. The van der Waals surface area contributed by atoms with E-state index in [-0.39, 0.29) is 0 Å². The summed E-state index contributed by atoms with van der Waals surface area (Å²) in [4.78, 5) is 0. The number of rotatable bonds is 5. The van der Waals surface area contributed by atoms with Gasteiger partial charge in [-0.15, -0.1) is 0 Å². The minimum absolute atomic E-state index is 0.838. The molecule has 0 aliphatic heterocycles. The molecule has 2 aliphatic rings. The number of unbranched alkanes of at least 4 members (excludes halogenated alkanes) is 2. The van der Waals surface area contributed by atoms with Gasteiger partial charge in [0.05, 0.1) is 0 Å². The lowest BCUT2D eigenvalue weighted by molar-refractivity contribution is 0.662. The van der Waals surface area contributed by atoms with Crippen LogP contribution in [-0.2, 0) is 0 Å². The second kappa shape index (κ2) is 7.81. The molecule has 2 atom stereocenters. The predicted molar refractivity (Wildman–Crippen MR) is 82.7 cm³/mol. The highest BCUT2D eigenvalue weighted by Crippen LogP contribution is 2.37. The van der Waals surface area contributed by atoms with Gasteiger partial charge in [0, 0.05) is 0 Å². The maximum Gasteiger partial charge on any atom is -0.0194 e. The minimum Gasteiger partial charge on any atom is -0.0850 e. The summed E-state index contributed by atoms with van der Waals surface area (Å²) in [5.74, 6) is 2.69. The summed E-state index contributed by atoms with van der Waals surface area (Å²) in [6.45, 7) is 11.4. The molecule has 0 saturated heterocycles. The summed E-state index contributed by atoms with van der Waals surface area (Å²) in [5.41, 5.74) is 3.38. The largest absolute Gasteiger partial charge is 0.0850 e. The van der Waals surface area contributed by atoms with Gasteiger partial charge in [-0.25, -0.2) is 0 Å². The summed E-state index contributed by atoms with van der Waals surface area (Å²) in [7, 11) is 0. The van der Waals surface area contributed by atoms with Crippen molar-refractivity contribution >= 4 is 0 Å². The smallest absolute Gasteiger partial charge is 0.0194 e. The van der Waals surface area contributed by atoms with Crippen molar-refractivity contribution in [2.75, 3.05) is 0 Å². The van der Waals surface area contributed by atoms with Gasteiger partial charge in [-0.1, -0.05) is 70.8 Å². The van der Waals surface area contributed by atoms with Gasteiger partial charge in [0.1, 0.15) is 0 Å². The first-order valence-corrected chi connectivity index (χ1v) is 7.92. The van der Waals surface area contributed by atoms with Gasteiger partial charge in [0.25, 0.3) is 0 Å². The fourth-order valence-corrected chi connectivity index (χ4v) is 2.04. The Morgan fingerprint density at radius 3 is 1.94 bits per heavy atom. The fraction of sp³-hybridized carbons (Fsp3) is 0.778. The zero-order valence-electron chi connectivity index (χ0n) is 13.1. The second-order valence-electron chi connectivity index (χ2n) is 6.54. The van der Waals surface area contributed by atoms with Crippen LogP contribution in [0.3, 0.4) is 0 Å². The van der Waals surface area contributed by atoms with Crippen molar-refractivity contribution in [3.63, 3.8) is 0 Å². The Kier molecular flexibility index (Phi) is 6.75. The molecule has 0 amide bonds. The van der Waals surface area contributed by atoms with E-state index in [4.69, 9.17) is 0 Å². The average Bonchev–Trinajstić information content (AvgIpc) is 3.19. The van der Waals surface area contributed by atoms with E-state index >= 15 is 0 Å². The van der Waals surface area contributed by atoms with Gasteiger partial charge in [0.2, 0.25) is 0 Å². The summed E-state index contributed by atoms with van der Waals surface area (Å²) >= 11 is 0. The predicted octanol–water partition coefficient (Wildman–Crippen LogP) is 6.14. The molecule has 0 bridgehead atoms. The van der Waals surface area contributed by atoms with E-state index in [2.05, 4.69) is 46.8 Å². The number of hydrogen-bond acceptors (Lipinski definition) is 0. The van der Waals surface area contributed by atoms with E-state index in [0.717, 1.165) is 17.8 Å². The molecule has 0 aromatic carbocycles. The third kappa shape index (κ3) is 7.03. The van der Waals surface area contributed by atoms with Crippen LogP contribution in [0, 0.1) is 17.8 Å². The molecular formula is C18H32. The maximum absolute atomic E-state index is 2.42. The van der Waals surface area contributed by atoms with Crippen LogP contribution in [0.15, 0.2) is 23.3 Å². The highest BCUT2D eigenvalue weighted by molar-refractivity contribution is 5.21. The number of hydrogen-bond donors (Lipinski definition) is 0. The Bertz CT molecular complexity index is 293. The van der Waals surface area contributed by atoms with Crippen LogP contribution in [0.1, 0.15) is 73.1 Å². The average molecular weight is 248 g/mol. The van der Waals surface area contributed by atoms with Crippen LogP contribution in [-0.4, -0.2) is 0 Å². The Balaban J connectivity index is 0.000000180. The van der Waals surface area contributed by atoms with Gasteiger partial charge in [-0.3, -0.25) is 0 Å². The zero-order valence-corrected chi connectivity index (χ0v) is 13.1. The van der Waals surface area contributed by atoms with Crippen LogP contribution < -0.4 is 0 Å². The van der Waals surface area contributed by atoms with Crippen molar-refractivity contribution in [1.82, 2.24) is 0 Å². The summed E-state index contributed by atoms with van der Waals surface area (Å²) < 4.78 is 0. The van der Waals surface area contributed by atoms with E-state index in [0.29, 0.717) is 0 Å². The Labute approximate surface area is 115 Å². The molecule has 2 aliphatic carbocycles. The molecule has 2 saturated carbocycles. The topological polar surface area (TPSA) is 0 Å². The first-order chi connectivity index (χ1) is 8.54. The van der Waals surface area contributed by atoms with E-state index in [1.54, 1.807) is 11.1 Å². The van der Waals surface area contributed by atoms with Crippen molar-refractivity contribution in [1.29, 1.82) is 0 Å². The lowest BCUT2D eigenvalue weighted by atomic mass is 10.1. The van der Waals surface area contributed by atoms with Crippen molar-refractivity contribution in [2.24, 2.45) is 17.8 Å². The van der Waals surface area contributed by atoms with E-state index in [9.17, 15) is 0 Å². The van der Waals surface area contributed by atoms with E-state index < -0.39 is 0 Å². The lowest BCUT2D eigenvalue weighted by Gasteiger charge is -1.94. The Hall–Kier alpha value is -0.520. The summed E-state index contributed by atoms with van der Waals surface area (Å²) in [6, 6.07) is 0. The molecule has 0 heterocycles. The van der Waals surface area contributed by atoms with E-state index in [1.165, 1.54) is 38.5 Å². The van der Waals surface area contributed by atoms with E-state index in [1.807, 2.05) is 0 Å². The molecule has 2 fully saturated rings. The maximum atomic E-state index is 2.42. The van der Waals surface area contributed by atoms with Crippen LogP contribution in [0.4, 0.5) is 0 Å². The molecule has 0 heteroatoms. The molecule has 0 nitrogen and oxygen atoms in total. The molecule has 0 N–H and O–H groups in total. The summed E-state index contributed by atoms with van der Waals surface area (Å²) in [5, 5.41) is 0. The third-order valence-corrected chi connectivity index (χ3v) is 3.85. The van der Waals surface area contributed by atoms with Crippen molar-refractivity contribution < 1.29 is 0 Å². The molecule has 0 radical (unpaired) electrons. The Morgan fingerprint density at radius 2 is 1.56 bits per heavy atom. The Morgan fingerprint density at radius 1 is 1.06 bits per heavy atom.